The highest BCUT2D eigenvalue weighted by Crippen LogP contribution is 2.53. The van der Waals surface area contributed by atoms with E-state index in [0.717, 1.165) is 11.3 Å². The van der Waals surface area contributed by atoms with Crippen LogP contribution in [-0.2, 0) is 5.60 Å². The molecule has 0 aliphatic carbocycles. The Labute approximate surface area is 162 Å². The molecule has 0 unspecified atom stereocenters. The zero-order chi connectivity index (χ0) is 17.8. The Hall–Kier alpha value is -2.97. The summed E-state index contributed by atoms with van der Waals surface area (Å²) in [4.78, 5) is 2.51. The predicted octanol–water partition coefficient (Wildman–Crippen LogP) is 6.65. The van der Waals surface area contributed by atoms with E-state index in [1.54, 1.807) is 0 Å². The van der Waals surface area contributed by atoms with Gasteiger partial charge in [-0.15, -0.1) is 0 Å². The molecule has 0 amide bonds. The fraction of sp³-hybridized carbons (Fsp3) is 0.0400. The van der Waals surface area contributed by atoms with Crippen molar-refractivity contribution in [1.82, 2.24) is 0 Å². The summed E-state index contributed by atoms with van der Waals surface area (Å²) in [5, 5.41) is 2.47. The number of ether oxygens (including phenoxy) is 1. The fourth-order valence-corrected chi connectivity index (χ4v) is 5.41. The van der Waals surface area contributed by atoms with Crippen molar-refractivity contribution in [2.75, 3.05) is 0 Å². The number of benzene rings is 4. The van der Waals surface area contributed by atoms with E-state index in [-0.39, 0.29) is 0 Å². The summed E-state index contributed by atoms with van der Waals surface area (Å²) in [5.41, 5.74) is 3.01. The molecule has 0 saturated carbocycles. The first kappa shape index (κ1) is 15.1. The van der Waals surface area contributed by atoms with E-state index in [2.05, 4.69) is 97.1 Å². The molecule has 0 bridgehead atoms. The number of hydrogen-bond acceptors (Lipinski definition) is 2. The summed E-state index contributed by atoms with van der Waals surface area (Å²) in [6.07, 6.45) is 4.48. The van der Waals surface area contributed by atoms with Crippen LogP contribution in [0.4, 0.5) is 0 Å². The first-order valence-corrected chi connectivity index (χ1v) is 9.94. The highest BCUT2D eigenvalue weighted by atomic mass is 32.2. The lowest BCUT2D eigenvalue weighted by molar-refractivity contribution is 0.154. The molecule has 0 saturated heterocycles. The molecule has 2 aliphatic rings. The van der Waals surface area contributed by atoms with Gasteiger partial charge in [0.15, 0.2) is 5.60 Å². The zero-order valence-electron chi connectivity index (χ0n) is 14.6. The van der Waals surface area contributed by atoms with Gasteiger partial charge in [0.2, 0.25) is 0 Å². The van der Waals surface area contributed by atoms with Crippen LogP contribution in [0.5, 0.6) is 5.75 Å². The average molecular weight is 364 g/mol. The van der Waals surface area contributed by atoms with E-state index in [1.807, 2.05) is 11.8 Å². The third-order valence-electron chi connectivity index (χ3n) is 5.48. The molecule has 0 atom stereocenters. The fourth-order valence-electron chi connectivity index (χ4n) is 4.22. The van der Waals surface area contributed by atoms with Gasteiger partial charge >= 0.3 is 0 Å². The minimum Gasteiger partial charge on any atom is -0.473 e. The second kappa shape index (κ2) is 5.51. The van der Waals surface area contributed by atoms with Crippen molar-refractivity contribution >= 4 is 28.6 Å². The molecular weight excluding hydrogens is 348 g/mol. The summed E-state index contributed by atoms with van der Waals surface area (Å²) < 4.78 is 6.82. The standard InChI is InChI=1S/C25H16OS/c1-2-8-18-17(7-1)13-14-22-19(18)15-16-25(26-22)20-9-3-5-11-23(20)27-24-12-6-4-10-21(24)25/h1-16H. The van der Waals surface area contributed by atoms with E-state index in [9.17, 15) is 0 Å². The summed E-state index contributed by atoms with van der Waals surface area (Å²) >= 11 is 1.82. The molecule has 2 heteroatoms. The molecule has 1 nitrogen and oxygen atoms in total. The van der Waals surface area contributed by atoms with Gasteiger partial charge in [0.1, 0.15) is 5.75 Å². The van der Waals surface area contributed by atoms with Crippen molar-refractivity contribution in [3.8, 4) is 5.75 Å². The molecule has 6 rings (SSSR count). The van der Waals surface area contributed by atoms with E-state index in [0.29, 0.717) is 0 Å². The normalized spacial score (nSPS) is 15.7. The van der Waals surface area contributed by atoms with E-state index < -0.39 is 5.60 Å². The Morgan fingerprint density at radius 3 is 2.11 bits per heavy atom. The quantitative estimate of drug-likeness (QED) is 0.345. The maximum Gasteiger partial charge on any atom is 0.180 e. The smallest absolute Gasteiger partial charge is 0.180 e. The molecule has 0 fully saturated rings. The van der Waals surface area contributed by atoms with Crippen molar-refractivity contribution < 1.29 is 4.74 Å². The third kappa shape index (κ3) is 2.08. The van der Waals surface area contributed by atoms with Gasteiger partial charge in [0.05, 0.1) is 0 Å². The largest absolute Gasteiger partial charge is 0.473 e. The van der Waals surface area contributed by atoms with Crippen LogP contribution in [0, 0.1) is 0 Å². The third-order valence-corrected chi connectivity index (χ3v) is 6.63. The van der Waals surface area contributed by atoms with E-state index >= 15 is 0 Å². The number of rotatable bonds is 0. The molecule has 0 radical (unpaired) electrons. The van der Waals surface area contributed by atoms with Crippen molar-refractivity contribution in [1.29, 1.82) is 0 Å². The molecule has 0 N–H and O–H groups in total. The first-order valence-electron chi connectivity index (χ1n) is 9.12. The molecule has 2 aliphatic heterocycles. The molecular formula is C25H16OS. The van der Waals surface area contributed by atoms with Gasteiger partial charge < -0.3 is 4.74 Å². The Bertz CT molecular complexity index is 1190. The number of fused-ring (bicyclic) bond motifs is 7. The predicted molar refractivity (Wildman–Crippen MR) is 111 cm³/mol. The Kier molecular flexibility index (Phi) is 3.09. The summed E-state index contributed by atoms with van der Waals surface area (Å²) in [7, 11) is 0. The van der Waals surface area contributed by atoms with Gasteiger partial charge in [0.25, 0.3) is 0 Å². The highest BCUT2D eigenvalue weighted by molar-refractivity contribution is 7.99. The van der Waals surface area contributed by atoms with Crippen LogP contribution in [0.25, 0.3) is 16.8 Å². The second-order valence-corrected chi connectivity index (χ2v) is 8.05. The monoisotopic (exact) mass is 364 g/mol. The van der Waals surface area contributed by atoms with Gasteiger partial charge in [-0.25, -0.2) is 0 Å². The van der Waals surface area contributed by atoms with E-state index in [4.69, 9.17) is 4.74 Å². The maximum absolute atomic E-state index is 6.82. The van der Waals surface area contributed by atoms with Gasteiger partial charge in [-0.2, -0.15) is 0 Å². The summed E-state index contributed by atoms with van der Waals surface area (Å²) in [5.74, 6) is 0.938. The van der Waals surface area contributed by atoms with Crippen LogP contribution in [-0.4, -0.2) is 0 Å². The molecule has 0 aromatic heterocycles. The molecule has 4 aromatic rings. The molecule has 27 heavy (non-hydrogen) atoms. The maximum atomic E-state index is 6.82. The average Bonchev–Trinajstić information content (AvgIpc) is 2.74. The lowest BCUT2D eigenvalue weighted by Crippen LogP contribution is -2.36. The van der Waals surface area contributed by atoms with Crippen LogP contribution in [0.15, 0.2) is 101 Å². The highest BCUT2D eigenvalue weighted by Gasteiger charge is 2.43. The minimum atomic E-state index is -0.576. The Morgan fingerprint density at radius 2 is 1.33 bits per heavy atom. The molecule has 2 heterocycles. The molecule has 4 aromatic carbocycles. The van der Waals surface area contributed by atoms with Gasteiger partial charge in [-0.05, 0) is 41.1 Å². The first-order chi connectivity index (χ1) is 13.4. The van der Waals surface area contributed by atoms with Crippen molar-refractivity contribution in [3.05, 3.63) is 108 Å². The van der Waals surface area contributed by atoms with Gasteiger partial charge in [-0.1, -0.05) is 78.5 Å². The Morgan fingerprint density at radius 1 is 0.667 bits per heavy atom. The topological polar surface area (TPSA) is 9.23 Å². The van der Waals surface area contributed by atoms with Crippen LogP contribution in [0.1, 0.15) is 16.7 Å². The summed E-state index contributed by atoms with van der Waals surface area (Å²) in [6.45, 7) is 0. The summed E-state index contributed by atoms with van der Waals surface area (Å²) in [6, 6.07) is 29.9. The zero-order valence-corrected chi connectivity index (χ0v) is 15.4. The van der Waals surface area contributed by atoms with Crippen LogP contribution < -0.4 is 4.74 Å². The van der Waals surface area contributed by atoms with Crippen LogP contribution in [0.2, 0.25) is 0 Å². The minimum absolute atomic E-state index is 0.576. The van der Waals surface area contributed by atoms with Gasteiger partial charge in [-0.3, -0.25) is 0 Å². The van der Waals surface area contributed by atoms with E-state index in [1.165, 1.54) is 31.7 Å². The van der Waals surface area contributed by atoms with Crippen molar-refractivity contribution in [2.24, 2.45) is 0 Å². The number of hydrogen-bond donors (Lipinski definition) is 0. The van der Waals surface area contributed by atoms with Crippen molar-refractivity contribution in [3.63, 3.8) is 0 Å². The second-order valence-electron chi connectivity index (χ2n) is 6.96. The molecule has 1 spiro atoms. The lowest BCUT2D eigenvalue weighted by Gasteiger charge is -2.40. The van der Waals surface area contributed by atoms with Crippen LogP contribution >= 0.6 is 11.8 Å². The van der Waals surface area contributed by atoms with Crippen LogP contribution in [0.3, 0.4) is 0 Å². The van der Waals surface area contributed by atoms with Crippen molar-refractivity contribution in [2.45, 2.75) is 15.4 Å². The lowest BCUT2D eigenvalue weighted by atomic mass is 9.82. The Balaban J connectivity index is 1.64. The molecule has 128 valence electrons. The SMILES string of the molecule is C1=CC2(Oc3ccc4ccccc4c31)c1ccccc1Sc1ccccc12. The van der Waals surface area contributed by atoms with Gasteiger partial charge in [0, 0.05) is 26.5 Å².